The summed E-state index contributed by atoms with van der Waals surface area (Å²) in [6, 6.07) is 1.27. The van der Waals surface area contributed by atoms with Gasteiger partial charge in [0, 0.05) is 25.2 Å². The summed E-state index contributed by atoms with van der Waals surface area (Å²) in [5.41, 5.74) is 0. The van der Waals surface area contributed by atoms with Gasteiger partial charge in [-0.05, 0) is 31.7 Å². The van der Waals surface area contributed by atoms with Gasteiger partial charge in [-0.3, -0.25) is 0 Å². The Hall–Kier alpha value is -0.0800. The van der Waals surface area contributed by atoms with Gasteiger partial charge >= 0.3 is 0 Å². The Labute approximate surface area is 108 Å². The van der Waals surface area contributed by atoms with Crippen molar-refractivity contribution in [3.05, 3.63) is 0 Å². The van der Waals surface area contributed by atoms with Crippen LogP contribution in [-0.4, -0.2) is 37.1 Å². The van der Waals surface area contributed by atoms with Crippen molar-refractivity contribution in [2.45, 2.75) is 65.5 Å². The number of rotatable bonds is 7. The molecular formula is C15H32N2. The lowest BCUT2D eigenvalue weighted by Gasteiger charge is -2.33. The summed E-state index contributed by atoms with van der Waals surface area (Å²) in [6.07, 6.45) is 5.81. The van der Waals surface area contributed by atoms with Gasteiger partial charge in [0.1, 0.15) is 0 Å². The lowest BCUT2D eigenvalue weighted by Crippen LogP contribution is -2.46. The number of likely N-dealkylation sites (N-methyl/N-ethyl adjacent to an activating group) is 1. The standard InChI is InChI=1S/C15H32N2/c1-12(2)15(10-16-13(3)4)17(5)11-14-8-6-7-9-14/h12-16H,6-11H2,1-5H3. The topological polar surface area (TPSA) is 15.3 Å². The zero-order chi connectivity index (χ0) is 12.8. The van der Waals surface area contributed by atoms with Gasteiger partial charge < -0.3 is 10.2 Å². The van der Waals surface area contributed by atoms with Crippen molar-refractivity contribution in [1.29, 1.82) is 0 Å². The van der Waals surface area contributed by atoms with Crippen LogP contribution in [0.2, 0.25) is 0 Å². The Morgan fingerprint density at radius 1 is 1.12 bits per heavy atom. The van der Waals surface area contributed by atoms with E-state index in [1.54, 1.807) is 0 Å². The molecule has 0 bridgehead atoms. The van der Waals surface area contributed by atoms with E-state index in [0.717, 1.165) is 18.4 Å². The van der Waals surface area contributed by atoms with E-state index >= 15 is 0 Å². The largest absolute Gasteiger partial charge is 0.313 e. The first kappa shape index (κ1) is 15.0. The van der Waals surface area contributed by atoms with E-state index in [1.165, 1.54) is 32.2 Å². The van der Waals surface area contributed by atoms with Crippen LogP contribution in [0.1, 0.15) is 53.4 Å². The average Bonchev–Trinajstić information content (AvgIpc) is 2.69. The molecule has 0 aromatic rings. The van der Waals surface area contributed by atoms with Crippen molar-refractivity contribution in [3.63, 3.8) is 0 Å². The molecule has 1 rings (SSSR count). The first-order valence-electron chi connectivity index (χ1n) is 7.44. The third-order valence-corrected chi connectivity index (χ3v) is 4.09. The third kappa shape index (κ3) is 5.39. The minimum atomic E-state index is 0.594. The smallest absolute Gasteiger partial charge is 0.0240 e. The molecule has 0 amide bonds. The Kier molecular flexibility index (Phi) is 6.50. The number of nitrogens with zero attached hydrogens (tertiary/aromatic N) is 1. The summed E-state index contributed by atoms with van der Waals surface area (Å²) >= 11 is 0. The van der Waals surface area contributed by atoms with Crippen molar-refractivity contribution in [3.8, 4) is 0 Å². The zero-order valence-corrected chi connectivity index (χ0v) is 12.5. The Balaban J connectivity index is 2.38. The molecule has 1 atom stereocenters. The molecule has 1 saturated carbocycles. The van der Waals surface area contributed by atoms with Crippen molar-refractivity contribution >= 4 is 0 Å². The molecule has 1 unspecified atom stereocenters. The highest BCUT2D eigenvalue weighted by Gasteiger charge is 2.23. The van der Waals surface area contributed by atoms with Gasteiger partial charge in [-0.2, -0.15) is 0 Å². The predicted octanol–water partition coefficient (Wildman–Crippen LogP) is 3.13. The van der Waals surface area contributed by atoms with Crippen LogP contribution in [-0.2, 0) is 0 Å². The molecule has 0 saturated heterocycles. The maximum atomic E-state index is 3.59. The van der Waals surface area contributed by atoms with Gasteiger partial charge in [-0.1, -0.05) is 40.5 Å². The van der Waals surface area contributed by atoms with Gasteiger partial charge in [0.05, 0.1) is 0 Å². The van der Waals surface area contributed by atoms with E-state index in [4.69, 9.17) is 0 Å². The zero-order valence-electron chi connectivity index (χ0n) is 12.5. The van der Waals surface area contributed by atoms with Crippen molar-refractivity contribution in [2.75, 3.05) is 20.1 Å². The monoisotopic (exact) mass is 240 g/mol. The summed E-state index contributed by atoms with van der Waals surface area (Å²) in [5.74, 6) is 1.69. The molecule has 0 radical (unpaired) electrons. The maximum absolute atomic E-state index is 3.59. The SMILES string of the molecule is CC(C)NCC(C(C)C)N(C)CC1CCCC1. The summed E-state index contributed by atoms with van der Waals surface area (Å²) in [6.45, 7) is 11.6. The minimum absolute atomic E-state index is 0.594. The van der Waals surface area contributed by atoms with Crippen LogP contribution < -0.4 is 5.32 Å². The van der Waals surface area contributed by atoms with E-state index in [1.807, 2.05) is 0 Å². The summed E-state index contributed by atoms with van der Waals surface area (Å²) in [5, 5.41) is 3.59. The quantitative estimate of drug-likeness (QED) is 0.735. The Morgan fingerprint density at radius 3 is 2.18 bits per heavy atom. The van der Waals surface area contributed by atoms with Crippen LogP contribution in [0.4, 0.5) is 0 Å². The predicted molar refractivity (Wildman–Crippen MR) is 76.4 cm³/mol. The molecule has 2 heteroatoms. The first-order valence-corrected chi connectivity index (χ1v) is 7.44. The molecular weight excluding hydrogens is 208 g/mol. The molecule has 0 aromatic carbocycles. The van der Waals surface area contributed by atoms with Crippen LogP contribution in [0.15, 0.2) is 0 Å². The lowest BCUT2D eigenvalue weighted by atomic mass is 10.00. The normalized spacial score (nSPS) is 19.8. The van der Waals surface area contributed by atoms with Crippen molar-refractivity contribution < 1.29 is 0 Å². The Bertz CT molecular complexity index is 195. The summed E-state index contributed by atoms with van der Waals surface area (Å²) in [4.78, 5) is 2.59. The highest BCUT2D eigenvalue weighted by molar-refractivity contribution is 4.79. The minimum Gasteiger partial charge on any atom is -0.313 e. The lowest BCUT2D eigenvalue weighted by molar-refractivity contribution is 0.160. The maximum Gasteiger partial charge on any atom is 0.0240 e. The molecule has 102 valence electrons. The Morgan fingerprint density at radius 2 is 1.71 bits per heavy atom. The third-order valence-electron chi connectivity index (χ3n) is 4.09. The molecule has 1 aliphatic carbocycles. The van der Waals surface area contributed by atoms with E-state index in [9.17, 15) is 0 Å². The summed E-state index contributed by atoms with van der Waals surface area (Å²) < 4.78 is 0. The first-order chi connectivity index (χ1) is 8.00. The molecule has 17 heavy (non-hydrogen) atoms. The molecule has 0 spiro atoms. The second kappa shape index (κ2) is 7.38. The second-order valence-corrected chi connectivity index (χ2v) is 6.46. The van der Waals surface area contributed by atoms with Crippen LogP contribution in [0.25, 0.3) is 0 Å². The molecule has 0 aliphatic heterocycles. The average molecular weight is 240 g/mol. The molecule has 0 aromatic heterocycles. The fraction of sp³-hybridized carbons (Fsp3) is 1.00. The van der Waals surface area contributed by atoms with Gasteiger partial charge in [0.15, 0.2) is 0 Å². The number of nitrogens with one attached hydrogen (secondary N) is 1. The van der Waals surface area contributed by atoms with E-state index in [2.05, 4.69) is 45.0 Å². The van der Waals surface area contributed by atoms with Crippen LogP contribution in [0.5, 0.6) is 0 Å². The highest BCUT2D eigenvalue weighted by atomic mass is 15.2. The van der Waals surface area contributed by atoms with Gasteiger partial charge in [0.2, 0.25) is 0 Å². The molecule has 0 heterocycles. The fourth-order valence-corrected chi connectivity index (χ4v) is 2.99. The van der Waals surface area contributed by atoms with Crippen LogP contribution >= 0.6 is 0 Å². The van der Waals surface area contributed by atoms with Crippen LogP contribution in [0.3, 0.4) is 0 Å². The summed E-state index contributed by atoms with van der Waals surface area (Å²) in [7, 11) is 2.31. The second-order valence-electron chi connectivity index (χ2n) is 6.46. The van der Waals surface area contributed by atoms with Crippen molar-refractivity contribution in [1.82, 2.24) is 10.2 Å². The molecule has 1 N–H and O–H groups in total. The molecule has 2 nitrogen and oxygen atoms in total. The van der Waals surface area contributed by atoms with E-state index in [0.29, 0.717) is 12.1 Å². The van der Waals surface area contributed by atoms with Crippen LogP contribution in [0, 0.1) is 11.8 Å². The highest BCUT2D eigenvalue weighted by Crippen LogP contribution is 2.26. The molecule has 1 fully saturated rings. The number of hydrogen-bond donors (Lipinski definition) is 1. The van der Waals surface area contributed by atoms with Gasteiger partial charge in [0.25, 0.3) is 0 Å². The van der Waals surface area contributed by atoms with Crippen molar-refractivity contribution in [2.24, 2.45) is 11.8 Å². The van der Waals surface area contributed by atoms with Gasteiger partial charge in [-0.15, -0.1) is 0 Å². The fourth-order valence-electron chi connectivity index (χ4n) is 2.99. The van der Waals surface area contributed by atoms with E-state index in [-0.39, 0.29) is 0 Å². The number of hydrogen-bond acceptors (Lipinski definition) is 2. The van der Waals surface area contributed by atoms with Gasteiger partial charge in [-0.25, -0.2) is 0 Å². The van der Waals surface area contributed by atoms with E-state index < -0.39 is 0 Å². The molecule has 1 aliphatic rings.